The lowest BCUT2D eigenvalue weighted by atomic mass is 10.2. The highest BCUT2D eigenvalue weighted by atomic mass is 32.2. The summed E-state index contributed by atoms with van der Waals surface area (Å²) in [5.41, 5.74) is 5.11. The Morgan fingerprint density at radius 1 is 1.31 bits per heavy atom. The van der Waals surface area contributed by atoms with Gasteiger partial charge in [0, 0.05) is 6.04 Å². The van der Waals surface area contributed by atoms with E-state index in [-0.39, 0.29) is 16.5 Å². The van der Waals surface area contributed by atoms with Gasteiger partial charge in [0.05, 0.1) is 10.5 Å². The molecule has 1 aromatic rings. The van der Waals surface area contributed by atoms with Crippen molar-refractivity contribution in [1.82, 2.24) is 4.72 Å². The molecular formula is C10H14N2O3S. The molecule has 5 nitrogen and oxygen atoms in total. The van der Waals surface area contributed by atoms with Gasteiger partial charge in [0.15, 0.2) is 0 Å². The first-order valence-electron chi connectivity index (χ1n) is 4.76. The zero-order chi connectivity index (χ0) is 12.3. The van der Waals surface area contributed by atoms with Crippen molar-refractivity contribution in [2.75, 3.05) is 0 Å². The molecule has 88 valence electrons. The molecule has 0 unspecified atom stereocenters. The number of carbonyl (C=O) groups excluding carboxylic acids is 1. The van der Waals surface area contributed by atoms with E-state index < -0.39 is 15.9 Å². The Morgan fingerprint density at radius 3 is 2.38 bits per heavy atom. The number of carbonyl (C=O) groups is 1. The molecule has 0 aliphatic carbocycles. The van der Waals surface area contributed by atoms with Crippen LogP contribution in [0.1, 0.15) is 24.2 Å². The molecule has 0 aliphatic rings. The lowest BCUT2D eigenvalue weighted by molar-refractivity contribution is 0.0997. The molecule has 0 heterocycles. The van der Waals surface area contributed by atoms with Crippen molar-refractivity contribution < 1.29 is 13.2 Å². The van der Waals surface area contributed by atoms with Crippen LogP contribution in [0.3, 0.4) is 0 Å². The number of benzene rings is 1. The average Bonchev–Trinajstić information content (AvgIpc) is 2.15. The number of nitrogens with two attached hydrogens (primary N) is 1. The number of rotatable bonds is 4. The van der Waals surface area contributed by atoms with Crippen molar-refractivity contribution in [1.29, 1.82) is 0 Å². The third-order valence-electron chi connectivity index (χ3n) is 1.83. The Bertz CT molecular complexity index is 495. The van der Waals surface area contributed by atoms with E-state index in [1.165, 1.54) is 12.1 Å². The number of hydrogen-bond donors (Lipinski definition) is 2. The van der Waals surface area contributed by atoms with E-state index >= 15 is 0 Å². The largest absolute Gasteiger partial charge is 0.366 e. The van der Waals surface area contributed by atoms with Gasteiger partial charge in [0.2, 0.25) is 15.9 Å². The van der Waals surface area contributed by atoms with Crippen molar-refractivity contribution in [3.05, 3.63) is 29.8 Å². The molecule has 0 bridgehead atoms. The number of amides is 1. The van der Waals surface area contributed by atoms with Crippen molar-refractivity contribution in [2.45, 2.75) is 24.8 Å². The highest BCUT2D eigenvalue weighted by molar-refractivity contribution is 7.89. The second kappa shape index (κ2) is 4.63. The number of sulfonamides is 1. The van der Waals surface area contributed by atoms with Crippen molar-refractivity contribution in [3.63, 3.8) is 0 Å². The van der Waals surface area contributed by atoms with Gasteiger partial charge in [-0.1, -0.05) is 12.1 Å². The third kappa shape index (κ3) is 2.80. The maximum atomic E-state index is 11.8. The molecule has 1 amide bonds. The van der Waals surface area contributed by atoms with E-state index in [1.54, 1.807) is 26.0 Å². The van der Waals surface area contributed by atoms with Gasteiger partial charge in [-0.15, -0.1) is 0 Å². The summed E-state index contributed by atoms with van der Waals surface area (Å²) in [7, 11) is -3.69. The van der Waals surface area contributed by atoms with Crippen molar-refractivity contribution in [2.24, 2.45) is 5.73 Å². The predicted molar refractivity (Wildman–Crippen MR) is 60.4 cm³/mol. The fraction of sp³-hybridized carbons (Fsp3) is 0.300. The van der Waals surface area contributed by atoms with E-state index in [1.807, 2.05) is 0 Å². The van der Waals surface area contributed by atoms with Gasteiger partial charge in [-0.25, -0.2) is 13.1 Å². The van der Waals surface area contributed by atoms with Crippen LogP contribution in [-0.2, 0) is 10.0 Å². The monoisotopic (exact) mass is 242 g/mol. The molecule has 0 aliphatic heterocycles. The van der Waals surface area contributed by atoms with Gasteiger partial charge in [-0.05, 0) is 26.0 Å². The Hall–Kier alpha value is -1.40. The number of primary amides is 1. The van der Waals surface area contributed by atoms with Crippen LogP contribution in [0.25, 0.3) is 0 Å². The minimum absolute atomic E-state index is 0.00403. The van der Waals surface area contributed by atoms with Crippen LogP contribution < -0.4 is 10.5 Å². The molecule has 3 N–H and O–H groups in total. The number of hydrogen-bond acceptors (Lipinski definition) is 3. The SMILES string of the molecule is CC(C)NS(=O)(=O)c1ccccc1C(N)=O. The highest BCUT2D eigenvalue weighted by Crippen LogP contribution is 2.14. The van der Waals surface area contributed by atoms with Gasteiger partial charge in [-0.2, -0.15) is 0 Å². The first-order valence-corrected chi connectivity index (χ1v) is 6.24. The molecule has 1 aromatic carbocycles. The van der Waals surface area contributed by atoms with Crippen LogP contribution in [0.4, 0.5) is 0 Å². The standard InChI is InChI=1S/C10H14N2O3S/c1-7(2)12-16(14,15)9-6-4-3-5-8(9)10(11)13/h3-7,12H,1-2H3,(H2,11,13). The molecule has 0 aromatic heterocycles. The lowest BCUT2D eigenvalue weighted by Crippen LogP contribution is -2.32. The smallest absolute Gasteiger partial charge is 0.250 e. The maximum Gasteiger partial charge on any atom is 0.250 e. The highest BCUT2D eigenvalue weighted by Gasteiger charge is 2.21. The molecule has 0 fully saturated rings. The van der Waals surface area contributed by atoms with Crippen molar-refractivity contribution >= 4 is 15.9 Å². The van der Waals surface area contributed by atoms with Crippen LogP contribution in [0.15, 0.2) is 29.2 Å². The quantitative estimate of drug-likeness (QED) is 0.804. The van der Waals surface area contributed by atoms with Gasteiger partial charge < -0.3 is 5.73 Å². The summed E-state index contributed by atoms with van der Waals surface area (Å²) >= 11 is 0. The Labute approximate surface area is 94.7 Å². The van der Waals surface area contributed by atoms with Gasteiger partial charge >= 0.3 is 0 Å². The van der Waals surface area contributed by atoms with E-state index in [0.29, 0.717) is 0 Å². The normalized spacial score (nSPS) is 11.7. The summed E-state index contributed by atoms with van der Waals surface area (Å²) in [6, 6.07) is 5.60. The van der Waals surface area contributed by atoms with Crippen LogP contribution in [0.2, 0.25) is 0 Å². The Kier molecular flexibility index (Phi) is 3.66. The molecule has 0 atom stereocenters. The van der Waals surface area contributed by atoms with E-state index in [0.717, 1.165) is 0 Å². The maximum absolute atomic E-state index is 11.8. The fourth-order valence-electron chi connectivity index (χ4n) is 1.28. The Morgan fingerprint density at radius 2 is 1.88 bits per heavy atom. The lowest BCUT2D eigenvalue weighted by Gasteiger charge is -2.11. The summed E-state index contributed by atoms with van der Waals surface area (Å²) in [6.45, 7) is 3.40. The van der Waals surface area contributed by atoms with Crippen LogP contribution in [0.5, 0.6) is 0 Å². The number of nitrogens with one attached hydrogen (secondary N) is 1. The molecule has 0 spiro atoms. The van der Waals surface area contributed by atoms with Crippen LogP contribution in [0, 0.1) is 0 Å². The molecule has 0 radical (unpaired) electrons. The topological polar surface area (TPSA) is 89.3 Å². The first kappa shape index (κ1) is 12.7. The minimum Gasteiger partial charge on any atom is -0.366 e. The molecule has 0 saturated heterocycles. The van der Waals surface area contributed by atoms with E-state index in [9.17, 15) is 13.2 Å². The summed E-state index contributed by atoms with van der Waals surface area (Å²) in [5.74, 6) is -0.760. The van der Waals surface area contributed by atoms with Crippen LogP contribution >= 0.6 is 0 Å². The summed E-state index contributed by atoms with van der Waals surface area (Å²) in [5, 5.41) is 0. The van der Waals surface area contributed by atoms with E-state index in [4.69, 9.17) is 5.73 Å². The molecule has 1 rings (SSSR count). The third-order valence-corrected chi connectivity index (χ3v) is 3.55. The zero-order valence-corrected chi connectivity index (χ0v) is 9.91. The molecule has 0 saturated carbocycles. The Balaban J connectivity index is 3.28. The van der Waals surface area contributed by atoms with Gasteiger partial charge in [-0.3, -0.25) is 4.79 Å². The zero-order valence-electron chi connectivity index (χ0n) is 9.10. The van der Waals surface area contributed by atoms with E-state index in [2.05, 4.69) is 4.72 Å². The van der Waals surface area contributed by atoms with Gasteiger partial charge in [0.25, 0.3) is 0 Å². The summed E-state index contributed by atoms with van der Waals surface area (Å²) in [6.07, 6.45) is 0. The van der Waals surface area contributed by atoms with Crippen molar-refractivity contribution in [3.8, 4) is 0 Å². The van der Waals surface area contributed by atoms with Crippen LogP contribution in [-0.4, -0.2) is 20.4 Å². The van der Waals surface area contributed by atoms with Gasteiger partial charge in [0.1, 0.15) is 0 Å². The first-order chi connectivity index (χ1) is 7.34. The summed E-state index contributed by atoms with van der Waals surface area (Å²) in [4.78, 5) is 11.0. The summed E-state index contributed by atoms with van der Waals surface area (Å²) < 4.78 is 26.1. The molecular weight excluding hydrogens is 228 g/mol. The average molecular weight is 242 g/mol. The molecule has 6 heteroatoms. The molecule has 16 heavy (non-hydrogen) atoms. The fourth-order valence-corrected chi connectivity index (χ4v) is 2.74. The second-order valence-electron chi connectivity index (χ2n) is 3.64. The minimum atomic E-state index is -3.69. The second-order valence-corrected chi connectivity index (χ2v) is 5.32. The predicted octanol–water partition coefficient (Wildman–Crippen LogP) is 0.472.